The SMILES string of the molecule is CCSCCN(Cc1ccccc1)S(C)(=O)=O. The second-order valence-corrected chi connectivity index (χ2v) is 7.16. The van der Waals surface area contributed by atoms with Gasteiger partial charge in [0.25, 0.3) is 0 Å². The van der Waals surface area contributed by atoms with Gasteiger partial charge >= 0.3 is 0 Å². The van der Waals surface area contributed by atoms with Crippen LogP contribution in [0.5, 0.6) is 0 Å². The van der Waals surface area contributed by atoms with Crippen molar-refractivity contribution in [3.8, 4) is 0 Å². The predicted molar refractivity (Wildman–Crippen MR) is 74.7 cm³/mol. The Morgan fingerprint density at radius 3 is 2.41 bits per heavy atom. The molecule has 0 aromatic heterocycles. The normalized spacial score (nSPS) is 11.9. The van der Waals surface area contributed by atoms with E-state index in [2.05, 4.69) is 6.92 Å². The van der Waals surface area contributed by atoms with Crippen molar-refractivity contribution in [3.63, 3.8) is 0 Å². The molecule has 0 saturated heterocycles. The van der Waals surface area contributed by atoms with Crippen LogP contribution in [0.1, 0.15) is 12.5 Å². The fourth-order valence-corrected chi connectivity index (χ4v) is 3.02. The zero-order chi connectivity index (χ0) is 12.7. The van der Waals surface area contributed by atoms with E-state index in [0.29, 0.717) is 13.1 Å². The van der Waals surface area contributed by atoms with Gasteiger partial charge in [0, 0.05) is 18.8 Å². The molecule has 0 saturated carbocycles. The van der Waals surface area contributed by atoms with Crippen LogP contribution < -0.4 is 0 Å². The minimum atomic E-state index is -3.12. The van der Waals surface area contributed by atoms with E-state index in [0.717, 1.165) is 17.1 Å². The van der Waals surface area contributed by atoms with Crippen molar-refractivity contribution in [1.29, 1.82) is 0 Å². The Morgan fingerprint density at radius 1 is 1.24 bits per heavy atom. The Morgan fingerprint density at radius 2 is 1.88 bits per heavy atom. The highest BCUT2D eigenvalue weighted by Crippen LogP contribution is 2.10. The van der Waals surface area contributed by atoms with E-state index in [4.69, 9.17) is 0 Å². The van der Waals surface area contributed by atoms with Gasteiger partial charge in [0.05, 0.1) is 6.26 Å². The molecule has 0 heterocycles. The standard InChI is InChI=1S/C12H19NO2S2/c1-3-16-10-9-13(17(2,14)15)11-12-7-5-4-6-8-12/h4-8H,3,9-11H2,1-2H3. The van der Waals surface area contributed by atoms with Crippen LogP contribution in [0.3, 0.4) is 0 Å². The fraction of sp³-hybridized carbons (Fsp3) is 0.500. The van der Waals surface area contributed by atoms with Crippen LogP contribution in [0.15, 0.2) is 30.3 Å². The van der Waals surface area contributed by atoms with Crippen LogP contribution in [0, 0.1) is 0 Å². The van der Waals surface area contributed by atoms with Crippen molar-refractivity contribution < 1.29 is 8.42 Å². The van der Waals surface area contributed by atoms with Gasteiger partial charge in [0.1, 0.15) is 0 Å². The van der Waals surface area contributed by atoms with Crippen molar-refractivity contribution in [2.45, 2.75) is 13.5 Å². The number of hydrogen-bond acceptors (Lipinski definition) is 3. The van der Waals surface area contributed by atoms with E-state index in [1.54, 1.807) is 11.8 Å². The second kappa shape index (κ2) is 7.03. The third-order valence-electron chi connectivity index (χ3n) is 2.36. The van der Waals surface area contributed by atoms with E-state index in [-0.39, 0.29) is 0 Å². The Hall–Kier alpha value is -0.520. The van der Waals surface area contributed by atoms with E-state index < -0.39 is 10.0 Å². The Balaban J connectivity index is 2.65. The maximum Gasteiger partial charge on any atom is 0.211 e. The highest BCUT2D eigenvalue weighted by molar-refractivity contribution is 7.99. The summed E-state index contributed by atoms with van der Waals surface area (Å²) < 4.78 is 24.8. The molecule has 0 bridgehead atoms. The van der Waals surface area contributed by atoms with Crippen molar-refractivity contribution in [1.82, 2.24) is 4.31 Å². The Bertz CT molecular complexity index is 417. The van der Waals surface area contributed by atoms with Gasteiger partial charge in [0.2, 0.25) is 10.0 Å². The van der Waals surface area contributed by atoms with E-state index in [9.17, 15) is 8.42 Å². The maximum absolute atomic E-state index is 11.6. The van der Waals surface area contributed by atoms with Gasteiger partial charge in [-0.05, 0) is 11.3 Å². The zero-order valence-corrected chi connectivity index (χ0v) is 11.9. The molecule has 0 aliphatic carbocycles. The van der Waals surface area contributed by atoms with Crippen molar-refractivity contribution >= 4 is 21.8 Å². The van der Waals surface area contributed by atoms with Gasteiger partial charge < -0.3 is 0 Å². The summed E-state index contributed by atoms with van der Waals surface area (Å²) in [5, 5.41) is 0. The summed E-state index contributed by atoms with van der Waals surface area (Å²) in [5.41, 5.74) is 1.03. The summed E-state index contributed by atoms with van der Waals surface area (Å²) in [4.78, 5) is 0. The van der Waals surface area contributed by atoms with E-state index in [1.807, 2.05) is 30.3 Å². The summed E-state index contributed by atoms with van der Waals surface area (Å²) in [6.45, 7) is 3.11. The first kappa shape index (κ1) is 14.5. The largest absolute Gasteiger partial charge is 0.212 e. The minimum absolute atomic E-state index is 0.462. The number of rotatable bonds is 7. The first-order valence-electron chi connectivity index (χ1n) is 5.61. The summed E-state index contributed by atoms with van der Waals surface area (Å²) in [6.07, 6.45) is 1.27. The smallest absolute Gasteiger partial charge is 0.211 e. The van der Waals surface area contributed by atoms with Crippen molar-refractivity contribution in [2.75, 3.05) is 24.3 Å². The number of thioether (sulfide) groups is 1. The molecule has 17 heavy (non-hydrogen) atoms. The lowest BCUT2D eigenvalue weighted by molar-refractivity contribution is 0.430. The van der Waals surface area contributed by atoms with E-state index in [1.165, 1.54) is 10.6 Å². The molecular formula is C12H19NO2S2. The molecule has 0 aliphatic heterocycles. The van der Waals surface area contributed by atoms with Crippen molar-refractivity contribution in [3.05, 3.63) is 35.9 Å². The molecule has 3 nitrogen and oxygen atoms in total. The topological polar surface area (TPSA) is 37.4 Å². The van der Waals surface area contributed by atoms with Crippen LogP contribution in [-0.4, -0.2) is 37.0 Å². The predicted octanol–water partition coefficient (Wildman–Crippen LogP) is 2.20. The summed E-state index contributed by atoms with van der Waals surface area (Å²) in [7, 11) is -3.12. The quantitative estimate of drug-likeness (QED) is 0.715. The molecule has 1 aromatic rings. The van der Waals surface area contributed by atoms with Gasteiger partial charge in [-0.1, -0.05) is 37.3 Å². The van der Waals surface area contributed by atoms with Crippen LogP contribution in [0.25, 0.3) is 0 Å². The molecule has 0 aliphatic rings. The number of sulfonamides is 1. The van der Waals surface area contributed by atoms with Crippen LogP contribution in [-0.2, 0) is 16.6 Å². The zero-order valence-electron chi connectivity index (χ0n) is 10.3. The van der Waals surface area contributed by atoms with Gasteiger partial charge in [-0.3, -0.25) is 0 Å². The molecule has 96 valence electrons. The van der Waals surface area contributed by atoms with Crippen LogP contribution in [0.2, 0.25) is 0 Å². The molecule has 0 N–H and O–H groups in total. The van der Waals surface area contributed by atoms with E-state index >= 15 is 0 Å². The molecule has 0 unspecified atom stereocenters. The summed E-state index contributed by atoms with van der Waals surface area (Å²) in [5.74, 6) is 1.86. The van der Waals surface area contributed by atoms with Crippen molar-refractivity contribution in [2.24, 2.45) is 0 Å². The molecule has 0 radical (unpaired) electrons. The highest BCUT2D eigenvalue weighted by Gasteiger charge is 2.16. The first-order chi connectivity index (χ1) is 8.04. The minimum Gasteiger partial charge on any atom is -0.212 e. The molecule has 0 amide bonds. The number of nitrogens with zero attached hydrogens (tertiary/aromatic N) is 1. The first-order valence-corrected chi connectivity index (χ1v) is 8.61. The summed E-state index contributed by atoms with van der Waals surface area (Å²) in [6, 6.07) is 9.69. The fourth-order valence-electron chi connectivity index (χ4n) is 1.46. The highest BCUT2D eigenvalue weighted by atomic mass is 32.2. The molecule has 5 heteroatoms. The third-order valence-corrected chi connectivity index (χ3v) is 4.49. The lowest BCUT2D eigenvalue weighted by atomic mass is 10.2. The molecular weight excluding hydrogens is 254 g/mol. The number of hydrogen-bond donors (Lipinski definition) is 0. The monoisotopic (exact) mass is 273 g/mol. The lowest BCUT2D eigenvalue weighted by Gasteiger charge is -2.19. The second-order valence-electron chi connectivity index (χ2n) is 3.78. The van der Waals surface area contributed by atoms with Gasteiger partial charge in [-0.2, -0.15) is 16.1 Å². The average molecular weight is 273 g/mol. The van der Waals surface area contributed by atoms with Gasteiger partial charge in [-0.25, -0.2) is 8.42 Å². The average Bonchev–Trinajstić information content (AvgIpc) is 2.28. The Labute approximate surface area is 108 Å². The molecule has 1 aromatic carbocycles. The molecule has 1 rings (SSSR count). The Kier molecular flexibility index (Phi) is 6.02. The third kappa shape index (κ3) is 5.57. The number of benzene rings is 1. The van der Waals surface area contributed by atoms with Gasteiger partial charge in [-0.15, -0.1) is 0 Å². The molecule has 0 spiro atoms. The summed E-state index contributed by atoms with van der Waals surface area (Å²) >= 11 is 1.76. The molecule has 0 fully saturated rings. The van der Waals surface area contributed by atoms with Gasteiger partial charge in [0.15, 0.2) is 0 Å². The lowest BCUT2D eigenvalue weighted by Crippen LogP contribution is -2.31. The van der Waals surface area contributed by atoms with Crippen LogP contribution in [0.4, 0.5) is 0 Å². The maximum atomic E-state index is 11.6. The molecule has 0 atom stereocenters. The van der Waals surface area contributed by atoms with Crippen LogP contribution >= 0.6 is 11.8 Å².